The van der Waals surface area contributed by atoms with Gasteiger partial charge in [-0.25, -0.2) is 8.42 Å². The van der Waals surface area contributed by atoms with Crippen molar-refractivity contribution < 1.29 is 8.42 Å². The molecule has 1 aromatic rings. The van der Waals surface area contributed by atoms with E-state index in [9.17, 15) is 8.42 Å². The quantitative estimate of drug-likeness (QED) is 0.909. The van der Waals surface area contributed by atoms with E-state index >= 15 is 0 Å². The van der Waals surface area contributed by atoms with Crippen LogP contribution in [0, 0.1) is 11.3 Å². The predicted molar refractivity (Wildman–Crippen MR) is 84.6 cm³/mol. The lowest BCUT2D eigenvalue weighted by atomic mass is 9.70. The largest absolute Gasteiger partial charge is 0.305 e. The van der Waals surface area contributed by atoms with Crippen LogP contribution < -0.4 is 0 Å². The second-order valence-corrected chi connectivity index (χ2v) is 7.92. The molecule has 4 heteroatoms. The van der Waals surface area contributed by atoms with Gasteiger partial charge in [-0.05, 0) is 60.4 Å². The van der Waals surface area contributed by atoms with Gasteiger partial charge in [0.25, 0.3) is 0 Å². The molecule has 0 saturated carbocycles. The summed E-state index contributed by atoms with van der Waals surface area (Å²) in [5.74, 6) is 0.740. The summed E-state index contributed by atoms with van der Waals surface area (Å²) in [6.07, 6.45) is 10.4. The highest BCUT2D eigenvalue weighted by molar-refractivity contribution is 7.90. The molecule has 0 spiro atoms. The molecule has 2 unspecified atom stereocenters. The first kappa shape index (κ1) is 14.3. The number of fused-ring (bicyclic) bond motifs is 1. The molecule has 1 N–H and O–H groups in total. The van der Waals surface area contributed by atoms with E-state index in [1.54, 1.807) is 12.1 Å². The lowest BCUT2D eigenvalue weighted by Crippen LogP contribution is -2.24. The summed E-state index contributed by atoms with van der Waals surface area (Å²) >= 11 is 0. The highest BCUT2D eigenvalue weighted by Gasteiger charge is 2.31. The van der Waals surface area contributed by atoms with Gasteiger partial charge in [-0.2, -0.15) is 0 Å². The normalized spacial score (nSPS) is 25.4. The third-order valence-electron chi connectivity index (χ3n) is 4.39. The maximum Gasteiger partial charge on any atom is 0.175 e. The summed E-state index contributed by atoms with van der Waals surface area (Å²) in [7, 11) is -3.15. The number of allylic oxidation sites excluding steroid dienone is 4. The van der Waals surface area contributed by atoms with E-state index in [0.717, 1.165) is 24.8 Å². The molecule has 0 saturated heterocycles. The molecule has 3 rings (SSSR count). The molecule has 2 atom stereocenters. The zero-order valence-corrected chi connectivity index (χ0v) is 12.9. The van der Waals surface area contributed by atoms with Crippen molar-refractivity contribution in [3.8, 4) is 0 Å². The van der Waals surface area contributed by atoms with Gasteiger partial charge in [0.1, 0.15) is 0 Å². The van der Waals surface area contributed by atoms with Crippen molar-refractivity contribution in [2.75, 3.05) is 6.26 Å². The summed E-state index contributed by atoms with van der Waals surface area (Å²) in [5, 5.41) is 8.03. The molecular weight excluding hydrogens is 282 g/mol. The Kier molecular flexibility index (Phi) is 3.57. The minimum absolute atomic E-state index is 0.288. The van der Waals surface area contributed by atoms with Crippen molar-refractivity contribution in [3.05, 3.63) is 53.6 Å². The fourth-order valence-electron chi connectivity index (χ4n) is 3.33. The third kappa shape index (κ3) is 2.86. The van der Waals surface area contributed by atoms with Crippen molar-refractivity contribution in [1.82, 2.24) is 0 Å². The molecule has 3 nitrogen and oxygen atoms in total. The van der Waals surface area contributed by atoms with Crippen LogP contribution in [0.5, 0.6) is 0 Å². The van der Waals surface area contributed by atoms with Crippen molar-refractivity contribution >= 4 is 15.5 Å². The van der Waals surface area contributed by atoms with E-state index in [1.165, 1.54) is 11.8 Å². The Balaban J connectivity index is 1.95. The highest BCUT2D eigenvalue weighted by Crippen LogP contribution is 2.42. The fraction of sp³-hybridized carbons (Fsp3) is 0.353. The highest BCUT2D eigenvalue weighted by atomic mass is 32.2. The monoisotopic (exact) mass is 301 g/mol. The van der Waals surface area contributed by atoms with Gasteiger partial charge >= 0.3 is 0 Å². The average Bonchev–Trinajstić information content (AvgIpc) is 2.45. The predicted octanol–water partition coefficient (Wildman–Crippen LogP) is 3.49. The first-order valence-electron chi connectivity index (χ1n) is 7.21. The number of hydrogen-bond donors (Lipinski definition) is 1. The second kappa shape index (κ2) is 5.26. The van der Waals surface area contributed by atoms with Crippen LogP contribution in [0.1, 0.15) is 30.7 Å². The lowest BCUT2D eigenvalue weighted by Gasteiger charge is -2.34. The van der Waals surface area contributed by atoms with Gasteiger partial charge in [-0.3, -0.25) is 0 Å². The smallest absolute Gasteiger partial charge is 0.175 e. The SMILES string of the molecule is CS(=O)(=O)c1ccc(C2CC(=N)C=C3C=CCCC32)cc1. The minimum Gasteiger partial charge on any atom is -0.305 e. The summed E-state index contributed by atoms with van der Waals surface area (Å²) in [4.78, 5) is 0.358. The van der Waals surface area contributed by atoms with Crippen LogP contribution in [0.4, 0.5) is 0 Å². The van der Waals surface area contributed by atoms with Gasteiger partial charge in [-0.1, -0.05) is 24.3 Å². The Morgan fingerprint density at radius 2 is 1.86 bits per heavy atom. The molecule has 0 aromatic heterocycles. The van der Waals surface area contributed by atoms with E-state index in [1.807, 2.05) is 18.2 Å². The van der Waals surface area contributed by atoms with Gasteiger partial charge in [0, 0.05) is 12.0 Å². The van der Waals surface area contributed by atoms with Gasteiger partial charge in [0.2, 0.25) is 0 Å². The maximum absolute atomic E-state index is 11.5. The van der Waals surface area contributed by atoms with Crippen LogP contribution in [0.25, 0.3) is 0 Å². The molecule has 1 aromatic carbocycles. The number of rotatable bonds is 2. The van der Waals surface area contributed by atoms with E-state index in [4.69, 9.17) is 5.41 Å². The van der Waals surface area contributed by atoms with Crippen LogP contribution in [-0.2, 0) is 9.84 Å². The van der Waals surface area contributed by atoms with Gasteiger partial charge < -0.3 is 5.41 Å². The molecule has 0 heterocycles. The van der Waals surface area contributed by atoms with Crippen molar-refractivity contribution in [3.63, 3.8) is 0 Å². The molecule has 0 amide bonds. The van der Waals surface area contributed by atoms with E-state index < -0.39 is 9.84 Å². The Bertz CT molecular complexity index is 727. The molecule has 0 radical (unpaired) electrons. The third-order valence-corrected chi connectivity index (χ3v) is 5.51. The van der Waals surface area contributed by atoms with Crippen LogP contribution in [0.3, 0.4) is 0 Å². The van der Waals surface area contributed by atoms with Crippen LogP contribution >= 0.6 is 0 Å². The van der Waals surface area contributed by atoms with Crippen LogP contribution in [0.15, 0.2) is 53.0 Å². The fourth-order valence-corrected chi connectivity index (χ4v) is 3.96. The summed E-state index contributed by atoms with van der Waals surface area (Å²) < 4.78 is 23.1. The standard InChI is InChI=1S/C17H19NO2S/c1-21(19,20)15-8-6-12(7-9-15)17-11-14(18)10-13-4-2-3-5-16(13)17/h2,4,6-10,16-18H,3,5,11H2,1H3. The number of nitrogens with one attached hydrogen (secondary N) is 1. The van der Waals surface area contributed by atoms with Crippen molar-refractivity contribution in [2.24, 2.45) is 5.92 Å². The van der Waals surface area contributed by atoms with E-state index in [0.29, 0.717) is 16.5 Å². The first-order valence-corrected chi connectivity index (χ1v) is 9.10. The van der Waals surface area contributed by atoms with Crippen molar-refractivity contribution in [1.29, 1.82) is 5.41 Å². The lowest BCUT2D eigenvalue weighted by molar-refractivity contribution is 0.455. The Hall–Kier alpha value is -1.68. The average molecular weight is 301 g/mol. The molecule has 21 heavy (non-hydrogen) atoms. The van der Waals surface area contributed by atoms with Gasteiger partial charge in [-0.15, -0.1) is 0 Å². The molecular formula is C17H19NO2S. The summed E-state index contributed by atoms with van der Waals surface area (Å²) in [6, 6.07) is 7.20. The second-order valence-electron chi connectivity index (χ2n) is 5.91. The number of sulfone groups is 1. The number of benzene rings is 1. The Labute approximate surface area is 125 Å². The van der Waals surface area contributed by atoms with E-state index in [-0.39, 0.29) is 5.92 Å². The first-order chi connectivity index (χ1) is 9.95. The van der Waals surface area contributed by atoms with Gasteiger partial charge in [0.05, 0.1) is 4.90 Å². The molecule has 0 fully saturated rings. The topological polar surface area (TPSA) is 58.0 Å². The van der Waals surface area contributed by atoms with Gasteiger partial charge in [0.15, 0.2) is 9.84 Å². The molecule has 2 aliphatic carbocycles. The summed E-state index contributed by atoms with van der Waals surface area (Å²) in [5.41, 5.74) is 3.04. The zero-order chi connectivity index (χ0) is 15.0. The van der Waals surface area contributed by atoms with E-state index in [2.05, 4.69) is 12.2 Å². The summed E-state index contributed by atoms with van der Waals surface area (Å²) in [6.45, 7) is 0. The zero-order valence-electron chi connectivity index (χ0n) is 12.0. The van der Waals surface area contributed by atoms with Crippen LogP contribution in [-0.4, -0.2) is 20.4 Å². The number of hydrogen-bond acceptors (Lipinski definition) is 3. The minimum atomic E-state index is -3.15. The van der Waals surface area contributed by atoms with Crippen molar-refractivity contribution in [2.45, 2.75) is 30.1 Å². The molecule has 0 bridgehead atoms. The Morgan fingerprint density at radius 3 is 2.52 bits per heavy atom. The Morgan fingerprint density at radius 1 is 1.14 bits per heavy atom. The molecule has 2 aliphatic rings. The van der Waals surface area contributed by atoms with Crippen LogP contribution in [0.2, 0.25) is 0 Å². The maximum atomic E-state index is 11.5. The molecule has 0 aliphatic heterocycles. The molecule has 110 valence electrons.